The molecule has 1 saturated heterocycles. The molecule has 2 heterocycles. The van der Waals surface area contributed by atoms with Crippen LogP contribution in [0.3, 0.4) is 0 Å². The predicted molar refractivity (Wildman–Crippen MR) is 96.5 cm³/mol. The Kier molecular flexibility index (Phi) is 5.26. The molecule has 2 aromatic rings. The number of aromatic nitrogens is 1. The topological polar surface area (TPSA) is 65.6 Å². The molecular formula is C19H25N3O3. The number of para-hydroxylation sites is 1. The summed E-state index contributed by atoms with van der Waals surface area (Å²) < 4.78 is 5.01. The largest absolute Gasteiger partial charge is 0.450 e. The summed E-state index contributed by atoms with van der Waals surface area (Å²) in [5, 5.41) is 1.19. The highest BCUT2D eigenvalue weighted by Crippen LogP contribution is 2.23. The van der Waals surface area contributed by atoms with Crippen LogP contribution in [0.1, 0.15) is 24.6 Å². The molecule has 6 heteroatoms. The van der Waals surface area contributed by atoms with Crippen molar-refractivity contribution in [2.45, 2.75) is 26.7 Å². The quantitative estimate of drug-likeness (QED) is 0.928. The van der Waals surface area contributed by atoms with E-state index in [1.54, 1.807) is 11.8 Å². The molecule has 3 rings (SSSR count). The molecule has 0 saturated carbocycles. The van der Waals surface area contributed by atoms with Gasteiger partial charge >= 0.3 is 6.09 Å². The highest BCUT2D eigenvalue weighted by atomic mass is 16.6. The molecule has 0 unspecified atom stereocenters. The Bertz CT molecular complexity index is 760. The molecule has 1 aliphatic rings. The highest BCUT2D eigenvalue weighted by molar-refractivity contribution is 5.85. The van der Waals surface area contributed by atoms with Gasteiger partial charge in [-0.15, -0.1) is 0 Å². The van der Waals surface area contributed by atoms with Gasteiger partial charge in [0.1, 0.15) is 0 Å². The second kappa shape index (κ2) is 7.59. The number of carbonyl (C=O) groups is 2. The first kappa shape index (κ1) is 17.3. The minimum absolute atomic E-state index is 0.146. The lowest BCUT2D eigenvalue weighted by atomic mass is 10.1. The van der Waals surface area contributed by atoms with E-state index in [1.165, 1.54) is 10.9 Å². The molecule has 0 bridgehead atoms. The molecule has 0 atom stereocenters. The Morgan fingerprint density at radius 3 is 2.52 bits per heavy atom. The van der Waals surface area contributed by atoms with E-state index in [0.717, 1.165) is 17.6 Å². The summed E-state index contributed by atoms with van der Waals surface area (Å²) in [6.07, 6.45) is 0.929. The maximum Gasteiger partial charge on any atom is 0.409 e. The van der Waals surface area contributed by atoms with E-state index in [4.69, 9.17) is 4.74 Å². The van der Waals surface area contributed by atoms with Gasteiger partial charge in [-0.3, -0.25) is 4.79 Å². The molecule has 25 heavy (non-hydrogen) atoms. The number of aromatic amines is 1. The maximum atomic E-state index is 12.5. The van der Waals surface area contributed by atoms with E-state index < -0.39 is 0 Å². The molecule has 0 spiro atoms. The number of amides is 2. The fourth-order valence-electron chi connectivity index (χ4n) is 3.40. The molecule has 1 aromatic carbocycles. The van der Waals surface area contributed by atoms with E-state index in [0.29, 0.717) is 39.2 Å². The van der Waals surface area contributed by atoms with Crippen molar-refractivity contribution in [2.75, 3.05) is 32.8 Å². The van der Waals surface area contributed by atoms with Crippen LogP contribution >= 0.6 is 0 Å². The van der Waals surface area contributed by atoms with Crippen molar-refractivity contribution < 1.29 is 14.3 Å². The Balaban J connectivity index is 1.55. The fourth-order valence-corrected chi connectivity index (χ4v) is 3.40. The van der Waals surface area contributed by atoms with Gasteiger partial charge in [-0.1, -0.05) is 18.2 Å². The third-order valence-electron chi connectivity index (χ3n) is 4.77. The number of carbonyl (C=O) groups excluding carboxylic acids is 2. The number of nitrogens with one attached hydrogen (secondary N) is 1. The first-order chi connectivity index (χ1) is 12.1. The van der Waals surface area contributed by atoms with Gasteiger partial charge < -0.3 is 19.5 Å². The summed E-state index contributed by atoms with van der Waals surface area (Å²) in [5.74, 6) is 0.146. The third kappa shape index (κ3) is 3.78. The van der Waals surface area contributed by atoms with Gasteiger partial charge in [0.05, 0.1) is 6.61 Å². The zero-order chi connectivity index (χ0) is 17.8. The summed E-state index contributed by atoms with van der Waals surface area (Å²) in [5.41, 5.74) is 3.46. The number of H-pyrrole nitrogens is 1. The first-order valence-corrected chi connectivity index (χ1v) is 8.85. The van der Waals surface area contributed by atoms with Gasteiger partial charge in [0.15, 0.2) is 0 Å². The Hall–Kier alpha value is -2.50. The average molecular weight is 343 g/mol. The van der Waals surface area contributed by atoms with Crippen molar-refractivity contribution in [1.82, 2.24) is 14.8 Å². The van der Waals surface area contributed by atoms with Crippen molar-refractivity contribution in [3.8, 4) is 0 Å². The van der Waals surface area contributed by atoms with Crippen LogP contribution in [0.2, 0.25) is 0 Å². The van der Waals surface area contributed by atoms with E-state index in [9.17, 15) is 9.59 Å². The van der Waals surface area contributed by atoms with Crippen molar-refractivity contribution in [3.63, 3.8) is 0 Å². The molecular weight excluding hydrogens is 318 g/mol. The predicted octanol–water partition coefficient (Wildman–Crippen LogP) is 2.71. The van der Waals surface area contributed by atoms with Gasteiger partial charge in [0.25, 0.3) is 0 Å². The minimum atomic E-state index is -0.288. The van der Waals surface area contributed by atoms with Gasteiger partial charge in [0, 0.05) is 49.2 Å². The number of ether oxygens (including phenoxy) is 1. The molecule has 1 aliphatic heterocycles. The Morgan fingerprint density at radius 2 is 1.80 bits per heavy atom. The lowest BCUT2D eigenvalue weighted by molar-refractivity contribution is -0.132. The van der Waals surface area contributed by atoms with Crippen LogP contribution in [-0.4, -0.2) is 59.6 Å². The number of fused-ring (bicyclic) bond motifs is 1. The maximum absolute atomic E-state index is 12.5. The first-order valence-electron chi connectivity index (χ1n) is 8.85. The number of benzene rings is 1. The van der Waals surface area contributed by atoms with E-state index in [1.807, 2.05) is 17.0 Å². The number of piperazine rings is 1. The minimum Gasteiger partial charge on any atom is -0.450 e. The van der Waals surface area contributed by atoms with E-state index in [2.05, 4.69) is 24.0 Å². The van der Waals surface area contributed by atoms with Crippen molar-refractivity contribution in [2.24, 2.45) is 0 Å². The van der Waals surface area contributed by atoms with Crippen LogP contribution in [0.4, 0.5) is 4.79 Å². The van der Waals surface area contributed by atoms with Crippen molar-refractivity contribution in [1.29, 1.82) is 0 Å². The number of hydrogen-bond acceptors (Lipinski definition) is 3. The van der Waals surface area contributed by atoms with Gasteiger partial charge in [-0.05, 0) is 31.9 Å². The zero-order valence-electron chi connectivity index (χ0n) is 14.9. The zero-order valence-corrected chi connectivity index (χ0v) is 14.9. The van der Waals surface area contributed by atoms with Crippen LogP contribution in [0.15, 0.2) is 24.3 Å². The standard InChI is InChI=1S/C19H25N3O3/c1-3-25-19(24)22-12-10-21(11-13-22)18(23)9-8-15-14(2)20-17-7-5-4-6-16(15)17/h4-7,20H,3,8-13H2,1-2H3. The van der Waals surface area contributed by atoms with E-state index in [-0.39, 0.29) is 12.0 Å². The van der Waals surface area contributed by atoms with Crippen LogP contribution in [0.25, 0.3) is 10.9 Å². The number of aryl methyl sites for hydroxylation is 2. The SMILES string of the molecule is CCOC(=O)N1CCN(C(=O)CCc2c(C)[nH]c3ccccc23)CC1. The van der Waals surface area contributed by atoms with Crippen molar-refractivity contribution >= 4 is 22.9 Å². The molecule has 1 aromatic heterocycles. The molecule has 1 fully saturated rings. The Labute approximate surface area is 147 Å². The highest BCUT2D eigenvalue weighted by Gasteiger charge is 2.24. The Morgan fingerprint density at radius 1 is 1.12 bits per heavy atom. The normalized spacial score (nSPS) is 14.8. The van der Waals surface area contributed by atoms with E-state index >= 15 is 0 Å². The van der Waals surface area contributed by atoms with Crippen LogP contribution in [-0.2, 0) is 16.0 Å². The van der Waals surface area contributed by atoms with Gasteiger partial charge in [-0.2, -0.15) is 0 Å². The summed E-state index contributed by atoms with van der Waals surface area (Å²) in [7, 11) is 0. The summed E-state index contributed by atoms with van der Waals surface area (Å²) in [6, 6.07) is 8.19. The fraction of sp³-hybridized carbons (Fsp3) is 0.474. The number of hydrogen-bond donors (Lipinski definition) is 1. The summed E-state index contributed by atoms with van der Waals surface area (Å²) in [6.45, 7) is 6.45. The monoisotopic (exact) mass is 343 g/mol. The van der Waals surface area contributed by atoms with Crippen LogP contribution < -0.4 is 0 Å². The molecule has 0 radical (unpaired) electrons. The van der Waals surface area contributed by atoms with Crippen LogP contribution in [0.5, 0.6) is 0 Å². The lowest BCUT2D eigenvalue weighted by Gasteiger charge is -2.34. The van der Waals surface area contributed by atoms with Crippen molar-refractivity contribution in [3.05, 3.63) is 35.5 Å². The second-order valence-corrected chi connectivity index (χ2v) is 6.34. The number of nitrogens with zero attached hydrogens (tertiary/aromatic N) is 2. The molecule has 134 valence electrons. The molecule has 1 N–H and O–H groups in total. The molecule has 0 aliphatic carbocycles. The van der Waals surface area contributed by atoms with Crippen LogP contribution in [0, 0.1) is 6.92 Å². The summed E-state index contributed by atoms with van der Waals surface area (Å²) >= 11 is 0. The average Bonchev–Trinajstić information content (AvgIpc) is 2.95. The summed E-state index contributed by atoms with van der Waals surface area (Å²) in [4.78, 5) is 31.1. The molecule has 6 nitrogen and oxygen atoms in total. The number of rotatable bonds is 4. The van der Waals surface area contributed by atoms with Gasteiger partial charge in [-0.25, -0.2) is 4.79 Å². The third-order valence-corrected chi connectivity index (χ3v) is 4.77. The second-order valence-electron chi connectivity index (χ2n) is 6.34. The molecule has 2 amide bonds. The van der Waals surface area contributed by atoms with Gasteiger partial charge in [0.2, 0.25) is 5.91 Å². The smallest absolute Gasteiger partial charge is 0.409 e. The lowest BCUT2D eigenvalue weighted by Crippen LogP contribution is -2.50.